The quantitative estimate of drug-likeness (QED) is 0.849. The molecule has 0 radical (unpaired) electrons. The summed E-state index contributed by atoms with van der Waals surface area (Å²) < 4.78 is -0.686. The summed E-state index contributed by atoms with van der Waals surface area (Å²) in [5, 5.41) is 0.504. The van der Waals surface area contributed by atoms with Gasteiger partial charge in [0, 0.05) is 5.33 Å². The molecule has 76 valence electrons. The Morgan fingerprint density at radius 3 is 2.36 bits per heavy atom. The summed E-state index contributed by atoms with van der Waals surface area (Å²) >= 11 is 6.65. The van der Waals surface area contributed by atoms with Crippen molar-refractivity contribution in [2.75, 3.05) is 5.33 Å². The van der Waals surface area contributed by atoms with Gasteiger partial charge < -0.3 is 5.73 Å². The summed E-state index contributed by atoms with van der Waals surface area (Å²) in [4.78, 5) is 11.2. The van der Waals surface area contributed by atoms with Crippen molar-refractivity contribution in [3.63, 3.8) is 0 Å². The zero-order chi connectivity index (χ0) is 10.6. The van der Waals surface area contributed by atoms with Crippen LogP contribution in [0.25, 0.3) is 0 Å². The molecular formula is C10H11Br2NO. The lowest BCUT2D eigenvalue weighted by Crippen LogP contribution is -2.41. The van der Waals surface area contributed by atoms with Crippen molar-refractivity contribution < 1.29 is 4.79 Å². The molecule has 0 spiro atoms. The number of benzene rings is 1. The van der Waals surface area contributed by atoms with Crippen molar-refractivity contribution >= 4 is 37.8 Å². The van der Waals surface area contributed by atoms with Gasteiger partial charge in [-0.05, 0) is 12.0 Å². The second-order valence-electron chi connectivity index (χ2n) is 3.13. The Balaban J connectivity index is 2.81. The summed E-state index contributed by atoms with van der Waals surface area (Å²) in [6, 6.07) is 9.77. The second kappa shape index (κ2) is 4.94. The van der Waals surface area contributed by atoms with Crippen LogP contribution in [-0.4, -0.2) is 15.6 Å². The minimum atomic E-state index is -0.686. The molecule has 0 aliphatic heterocycles. The Hall–Kier alpha value is -0.350. The largest absolute Gasteiger partial charge is 0.368 e. The van der Waals surface area contributed by atoms with Crippen LogP contribution in [0.3, 0.4) is 0 Å². The molecule has 1 amide bonds. The number of hydrogen-bond acceptors (Lipinski definition) is 1. The molecule has 0 fully saturated rings. The van der Waals surface area contributed by atoms with Gasteiger partial charge in [0.05, 0.1) is 0 Å². The molecule has 1 aromatic rings. The Labute approximate surface area is 100 Å². The fraction of sp³-hybridized carbons (Fsp3) is 0.300. The first-order chi connectivity index (χ1) is 6.58. The SMILES string of the molecule is NC(=O)C(Br)(CBr)Cc1ccccc1. The molecule has 2 N–H and O–H groups in total. The number of rotatable bonds is 4. The molecular weight excluding hydrogens is 310 g/mol. The first-order valence-corrected chi connectivity index (χ1v) is 6.08. The smallest absolute Gasteiger partial charge is 0.235 e. The lowest BCUT2D eigenvalue weighted by molar-refractivity contribution is -0.119. The summed E-state index contributed by atoms with van der Waals surface area (Å²) in [6.45, 7) is 0. The van der Waals surface area contributed by atoms with E-state index in [-0.39, 0.29) is 5.91 Å². The molecule has 0 aromatic heterocycles. The van der Waals surface area contributed by atoms with Crippen LogP contribution in [-0.2, 0) is 11.2 Å². The third-order valence-corrected chi connectivity index (χ3v) is 4.64. The highest BCUT2D eigenvalue weighted by molar-refractivity contribution is 9.12. The van der Waals surface area contributed by atoms with Crippen molar-refractivity contribution in [2.45, 2.75) is 10.7 Å². The molecule has 0 saturated carbocycles. The van der Waals surface area contributed by atoms with Crippen molar-refractivity contribution in [2.24, 2.45) is 5.73 Å². The van der Waals surface area contributed by atoms with Crippen molar-refractivity contribution in [3.05, 3.63) is 35.9 Å². The molecule has 0 saturated heterocycles. The van der Waals surface area contributed by atoms with Gasteiger partial charge in [0.25, 0.3) is 0 Å². The third kappa shape index (κ3) is 2.82. The summed E-state index contributed by atoms with van der Waals surface area (Å²) in [5.41, 5.74) is 6.40. The molecule has 2 nitrogen and oxygen atoms in total. The van der Waals surface area contributed by atoms with E-state index < -0.39 is 4.32 Å². The van der Waals surface area contributed by atoms with E-state index >= 15 is 0 Å². The van der Waals surface area contributed by atoms with Gasteiger partial charge in [0.2, 0.25) is 5.91 Å². The van der Waals surface area contributed by atoms with Crippen LogP contribution in [0.4, 0.5) is 0 Å². The van der Waals surface area contributed by atoms with E-state index in [2.05, 4.69) is 31.9 Å². The first kappa shape index (κ1) is 11.7. The lowest BCUT2D eigenvalue weighted by Gasteiger charge is -2.20. The zero-order valence-corrected chi connectivity index (χ0v) is 10.7. The van der Waals surface area contributed by atoms with Gasteiger partial charge in [-0.3, -0.25) is 4.79 Å². The maximum Gasteiger partial charge on any atom is 0.235 e. The maximum atomic E-state index is 11.2. The van der Waals surface area contributed by atoms with E-state index in [1.54, 1.807) is 0 Å². The van der Waals surface area contributed by atoms with E-state index in [9.17, 15) is 4.79 Å². The Kier molecular flexibility index (Phi) is 4.13. The lowest BCUT2D eigenvalue weighted by atomic mass is 10.0. The van der Waals surface area contributed by atoms with E-state index in [1.807, 2.05) is 30.3 Å². The van der Waals surface area contributed by atoms with E-state index in [4.69, 9.17) is 5.73 Å². The molecule has 1 unspecified atom stereocenters. The predicted molar refractivity (Wildman–Crippen MR) is 64.8 cm³/mol. The van der Waals surface area contributed by atoms with Crippen LogP contribution in [0.2, 0.25) is 0 Å². The van der Waals surface area contributed by atoms with Crippen LogP contribution in [0.5, 0.6) is 0 Å². The van der Waals surface area contributed by atoms with Crippen LogP contribution < -0.4 is 5.73 Å². The average Bonchev–Trinajstić information content (AvgIpc) is 2.19. The van der Waals surface area contributed by atoms with Crippen molar-refractivity contribution in [1.82, 2.24) is 0 Å². The molecule has 0 aliphatic carbocycles. The molecule has 1 atom stereocenters. The Morgan fingerprint density at radius 1 is 1.36 bits per heavy atom. The minimum absolute atomic E-state index is 0.349. The van der Waals surface area contributed by atoms with E-state index in [0.29, 0.717) is 11.8 Å². The minimum Gasteiger partial charge on any atom is -0.368 e. The normalized spacial score (nSPS) is 14.7. The van der Waals surface area contributed by atoms with Crippen molar-refractivity contribution in [3.8, 4) is 0 Å². The second-order valence-corrected chi connectivity index (χ2v) is 5.20. The highest BCUT2D eigenvalue weighted by Gasteiger charge is 2.32. The molecule has 1 aromatic carbocycles. The Morgan fingerprint density at radius 2 is 1.93 bits per heavy atom. The highest BCUT2D eigenvalue weighted by Crippen LogP contribution is 2.25. The molecule has 1 rings (SSSR count). The van der Waals surface area contributed by atoms with Gasteiger partial charge in [0.15, 0.2) is 0 Å². The number of nitrogens with two attached hydrogens (primary N) is 1. The van der Waals surface area contributed by atoms with Gasteiger partial charge in [-0.15, -0.1) is 0 Å². The number of carbonyl (C=O) groups excluding carboxylic acids is 1. The van der Waals surface area contributed by atoms with Crippen LogP contribution in [0, 0.1) is 0 Å². The van der Waals surface area contributed by atoms with Gasteiger partial charge in [0.1, 0.15) is 4.32 Å². The van der Waals surface area contributed by atoms with Crippen LogP contribution in [0.15, 0.2) is 30.3 Å². The summed E-state index contributed by atoms with van der Waals surface area (Å²) in [7, 11) is 0. The fourth-order valence-corrected chi connectivity index (χ4v) is 1.92. The molecule has 0 heterocycles. The molecule has 14 heavy (non-hydrogen) atoms. The highest BCUT2D eigenvalue weighted by atomic mass is 79.9. The zero-order valence-electron chi connectivity index (χ0n) is 7.54. The Bertz CT molecular complexity index is 315. The van der Waals surface area contributed by atoms with Gasteiger partial charge in [-0.25, -0.2) is 0 Å². The van der Waals surface area contributed by atoms with Crippen molar-refractivity contribution in [1.29, 1.82) is 0 Å². The summed E-state index contributed by atoms with van der Waals surface area (Å²) in [5.74, 6) is -0.349. The third-order valence-electron chi connectivity index (χ3n) is 1.98. The number of halogens is 2. The molecule has 0 aliphatic rings. The topological polar surface area (TPSA) is 43.1 Å². The van der Waals surface area contributed by atoms with Gasteiger partial charge in [-0.1, -0.05) is 62.2 Å². The average molecular weight is 321 g/mol. The van der Waals surface area contributed by atoms with Gasteiger partial charge in [-0.2, -0.15) is 0 Å². The van der Waals surface area contributed by atoms with Crippen LogP contribution in [0.1, 0.15) is 5.56 Å². The molecule has 4 heteroatoms. The van der Waals surface area contributed by atoms with Gasteiger partial charge >= 0.3 is 0 Å². The van der Waals surface area contributed by atoms with E-state index in [0.717, 1.165) is 5.56 Å². The summed E-state index contributed by atoms with van der Waals surface area (Å²) in [6.07, 6.45) is 0.592. The maximum absolute atomic E-state index is 11.2. The number of amides is 1. The number of hydrogen-bond donors (Lipinski definition) is 1. The fourth-order valence-electron chi connectivity index (χ4n) is 1.12. The number of primary amides is 1. The standard InChI is InChI=1S/C10H11Br2NO/c11-7-10(12,9(13)14)6-8-4-2-1-3-5-8/h1-5H,6-7H2,(H2,13,14). The monoisotopic (exact) mass is 319 g/mol. The predicted octanol–water partition coefficient (Wildman–Crippen LogP) is 2.24. The first-order valence-electron chi connectivity index (χ1n) is 4.17. The molecule has 0 bridgehead atoms. The number of carbonyl (C=O) groups is 1. The van der Waals surface area contributed by atoms with E-state index in [1.165, 1.54) is 0 Å². The van der Waals surface area contributed by atoms with Crippen LogP contribution >= 0.6 is 31.9 Å². The number of alkyl halides is 2.